The maximum atomic E-state index is 11.9. The zero-order valence-electron chi connectivity index (χ0n) is 10.4. The van der Waals surface area contributed by atoms with Gasteiger partial charge in [0, 0.05) is 12.1 Å². The first-order valence-electron chi connectivity index (χ1n) is 5.75. The third-order valence-electron chi connectivity index (χ3n) is 2.92. The van der Waals surface area contributed by atoms with Gasteiger partial charge in [0.2, 0.25) is 0 Å². The van der Waals surface area contributed by atoms with Crippen molar-refractivity contribution in [3.8, 4) is 5.69 Å². The standard InChI is InChI=1S/C12H9N5O3/c1-7-15-11-10(12(18)14-6-13-11)16(7)8-3-2-4-9(5-8)17(19)20/h2-6H,1H3,(H,13,14,18). The number of imidazole rings is 1. The molecule has 0 spiro atoms. The summed E-state index contributed by atoms with van der Waals surface area (Å²) < 4.78 is 1.55. The van der Waals surface area contributed by atoms with Gasteiger partial charge in [-0.25, -0.2) is 9.97 Å². The van der Waals surface area contributed by atoms with Gasteiger partial charge < -0.3 is 4.98 Å². The molecule has 100 valence electrons. The van der Waals surface area contributed by atoms with Crippen LogP contribution in [0.1, 0.15) is 5.82 Å². The van der Waals surface area contributed by atoms with E-state index < -0.39 is 4.92 Å². The van der Waals surface area contributed by atoms with E-state index >= 15 is 0 Å². The maximum Gasteiger partial charge on any atom is 0.277 e. The molecule has 0 saturated heterocycles. The Morgan fingerprint density at radius 2 is 2.20 bits per heavy atom. The van der Waals surface area contributed by atoms with Crippen LogP contribution in [-0.2, 0) is 0 Å². The Morgan fingerprint density at radius 1 is 1.40 bits per heavy atom. The van der Waals surface area contributed by atoms with Crippen LogP contribution < -0.4 is 5.56 Å². The summed E-state index contributed by atoms with van der Waals surface area (Å²) in [5.41, 5.74) is 0.673. The summed E-state index contributed by atoms with van der Waals surface area (Å²) in [5.74, 6) is 0.532. The van der Waals surface area contributed by atoms with E-state index in [1.807, 2.05) is 0 Å². The average Bonchev–Trinajstić information content (AvgIpc) is 2.76. The number of non-ortho nitro benzene ring substituents is 1. The van der Waals surface area contributed by atoms with Crippen LogP contribution in [0.25, 0.3) is 16.9 Å². The molecule has 0 fully saturated rings. The lowest BCUT2D eigenvalue weighted by Crippen LogP contribution is -2.11. The highest BCUT2D eigenvalue weighted by Gasteiger charge is 2.15. The molecule has 0 aliphatic heterocycles. The first-order valence-corrected chi connectivity index (χ1v) is 5.75. The maximum absolute atomic E-state index is 11.9. The summed E-state index contributed by atoms with van der Waals surface area (Å²) in [6.07, 6.45) is 1.27. The van der Waals surface area contributed by atoms with E-state index in [9.17, 15) is 14.9 Å². The van der Waals surface area contributed by atoms with E-state index in [0.29, 0.717) is 17.2 Å². The Kier molecular flexibility index (Phi) is 2.56. The molecule has 0 aliphatic rings. The third-order valence-corrected chi connectivity index (χ3v) is 2.92. The molecule has 0 radical (unpaired) electrons. The fraction of sp³-hybridized carbons (Fsp3) is 0.0833. The number of benzene rings is 1. The monoisotopic (exact) mass is 271 g/mol. The van der Waals surface area contributed by atoms with Gasteiger partial charge in [0.25, 0.3) is 11.2 Å². The number of nitrogens with zero attached hydrogens (tertiary/aromatic N) is 4. The first kappa shape index (κ1) is 12.0. The first-order chi connectivity index (χ1) is 9.58. The molecule has 0 saturated carbocycles. The molecule has 1 aromatic carbocycles. The number of aromatic nitrogens is 4. The molecule has 0 amide bonds. The fourth-order valence-corrected chi connectivity index (χ4v) is 2.09. The van der Waals surface area contributed by atoms with Gasteiger partial charge in [-0.1, -0.05) is 6.07 Å². The third kappa shape index (κ3) is 1.74. The molecule has 8 heteroatoms. The van der Waals surface area contributed by atoms with E-state index in [-0.39, 0.29) is 16.8 Å². The summed E-state index contributed by atoms with van der Waals surface area (Å²) in [5, 5.41) is 10.8. The quantitative estimate of drug-likeness (QED) is 0.558. The summed E-state index contributed by atoms with van der Waals surface area (Å²) in [6, 6.07) is 6.01. The van der Waals surface area contributed by atoms with Gasteiger partial charge in [0.15, 0.2) is 11.2 Å². The highest BCUT2D eigenvalue weighted by Crippen LogP contribution is 2.21. The van der Waals surface area contributed by atoms with Crippen molar-refractivity contribution < 1.29 is 4.92 Å². The molecule has 0 aliphatic carbocycles. The largest absolute Gasteiger partial charge is 0.311 e. The molecule has 2 aromatic heterocycles. The molecule has 0 bridgehead atoms. The average molecular weight is 271 g/mol. The van der Waals surface area contributed by atoms with Crippen LogP contribution in [0.2, 0.25) is 0 Å². The molecule has 0 atom stereocenters. The normalized spacial score (nSPS) is 10.8. The molecule has 3 aromatic rings. The number of fused-ring (bicyclic) bond motifs is 1. The number of H-pyrrole nitrogens is 1. The second-order valence-corrected chi connectivity index (χ2v) is 4.18. The number of nitro benzene ring substituents is 1. The molecule has 3 rings (SSSR count). The van der Waals surface area contributed by atoms with Crippen molar-refractivity contribution in [2.75, 3.05) is 0 Å². The Labute approximate surface area is 111 Å². The second-order valence-electron chi connectivity index (χ2n) is 4.18. The Morgan fingerprint density at radius 3 is 2.95 bits per heavy atom. The van der Waals surface area contributed by atoms with Crippen molar-refractivity contribution in [1.29, 1.82) is 0 Å². The van der Waals surface area contributed by atoms with Gasteiger partial charge in [0.05, 0.1) is 16.9 Å². The van der Waals surface area contributed by atoms with Crippen molar-refractivity contribution in [2.24, 2.45) is 0 Å². The topological polar surface area (TPSA) is 107 Å². The van der Waals surface area contributed by atoms with Gasteiger partial charge in [0.1, 0.15) is 5.82 Å². The molecule has 2 heterocycles. The minimum Gasteiger partial charge on any atom is -0.311 e. The molecule has 8 nitrogen and oxygen atoms in total. The number of aromatic amines is 1. The Bertz CT molecular complexity index is 880. The predicted molar refractivity (Wildman–Crippen MR) is 70.9 cm³/mol. The zero-order valence-corrected chi connectivity index (χ0v) is 10.4. The van der Waals surface area contributed by atoms with Crippen LogP contribution >= 0.6 is 0 Å². The minimum atomic E-state index is -0.486. The second kappa shape index (κ2) is 4.26. The molecular weight excluding hydrogens is 262 g/mol. The zero-order chi connectivity index (χ0) is 14.3. The van der Waals surface area contributed by atoms with E-state index in [4.69, 9.17) is 0 Å². The van der Waals surface area contributed by atoms with Crippen molar-refractivity contribution in [2.45, 2.75) is 6.92 Å². The van der Waals surface area contributed by atoms with Crippen LogP contribution in [0, 0.1) is 17.0 Å². The summed E-state index contributed by atoms with van der Waals surface area (Å²) >= 11 is 0. The molecular formula is C12H9N5O3. The fourth-order valence-electron chi connectivity index (χ4n) is 2.09. The summed E-state index contributed by atoms with van der Waals surface area (Å²) in [6.45, 7) is 1.71. The van der Waals surface area contributed by atoms with Crippen LogP contribution in [0.15, 0.2) is 35.4 Å². The highest BCUT2D eigenvalue weighted by atomic mass is 16.6. The summed E-state index contributed by atoms with van der Waals surface area (Å²) in [4.78, 5) is 32.9. The van der Waals surface area contributed by atoms with E-state index in [1.54, 1.807) is 23.6 Å². The van der Waals surface area contributed by atoms with E-state index in [1.165, 1.54) is 18.5 Å². The SMILES string of the molecule is Cc1nc2nc[nH]c(=O)c2n1-c1cccc([N+](=O)[O-])c1. The number of rotatable bonds is 2. The van der Waals surface area contributed by atoms with Crippen molar-refractivity contribution in [3.63, 3.8) is 0 Å². The number of hydrogen-bond acceptors (Lipinski definition) is 5. The lowest BCUT2D eigenvalue weighted by Gasteiger charge is -2.05. The van der Waals surface area contributed by atoms with E-state index in [2.05, 4.69) is 15.0 Å². The Balaban J connectivity index is 2.35. The smallest absolute Gasteiger partial charge is 0.277 e. The predicted octanol–water partition coefficient (Wildman–Crippen LogP) is 1.33. The van der Waals surface area contributed by atoms with E-state index in [0.717, 1.165) is 0 Å². The van der Waals surface area contributed by atoms with Gasteiger partial charge >= 0.3 is 0 Å². The Hall–Kier alpha value is -3.03. The van der Waals surface area contributed by atoms with Crippen LogP contribution in [0.4, 0.5) is 5.69 Å². The number of nitrogens with one attached hydrogen (secondary N) is 1. The number of aryl methyl sites for hydroxylation is 1. The lowest BCUT2D eigenvalue weighted by molar-refractivity contribution is -0.384. The molecule has 20 heavy (non-hydrogen) atoms. The van der Waals surface area contributed by atoms with Gasteiger partial charge in [-0.2, -0.15) is 0 Å². The van der Waals surface area contributed by atoms with Crippen molar-refractivity contribution in [3.05, 3.63) is 56.9 Å². The van der Waals surface area contributed by atoms with Gasteiger partial charge in [-0.05, 0) is 13.0 Å². The molecule has 0 unspecified atom stereocenters. The van der Waals surface area contributed by atoms with Crippen LogP contribution in [0.3, 0.4) is 0 Å². The van der Waals surface area contributed by atoms with Crippen molar-refractivity contribution >= 4 is 16.9 Å². The molecule has 1 N–H and O–H groups in total. The van der Waals surface area contributed by atoms with Gasteiger partial charge in [-0.3, -0.25) is 19.5 Å². The van der Waals surface area contributed by atoms with Gasteiger partial charge in [-0.15, -0.1) is 0 Å². The number of nitro groups is 1. The minimum absolute atomic E-state index is 0.0518. The number of hydrogen-bond donors (Lipinski definition) is 1. The van der Waals surface area contributed by atoms with Crippen molar-refractivity contribution in [1.82, 2.24) is 19.5 Å². The van der Waals surface area contributed by atoms with Crippen LogP contribution in [-0.4, -0.2) is 24.4 Å². The highest BCUT2D eigenvalue weighted by molar-refractivity contribution is 5.73. The lowest BCUT2D eigenvalue weighted by atomic mass is 10.2. The summed E-state index contributed by atoms with van der Waals surface area (Å²) in [7, 11) is 0. The van der Waals surface area contributed by atoms with Crippen LogP contribution in [0.5, 0.6) is 0 Å².